The molecule has 78 valence electrons. The van der Waals surface area contributed by atoms with Crippen molar-refractivity contribution in [2.24, 2.45) is 0 Å². The van der Waals surface area contributed by atoms with Gasteiger partial charge in [-0.3, -0.25) is 0 Å². The standard InChI is InChI=1S/C9H13ClN2O2/c1-6(5-13-2)14-9-8(11)3-7(10)4-12-9/h3-4,6H,5,11H2,1-2H3. The SMILES string of the molecule is COCC(C)Oc1ncc(Cl)cc1N. The Hall–Kier alpha value is -1.00. The molecule has 0 aliphatic rings. The number of ether oxygens (including phenoxy) is 2. The highest BCUT2D eigenvalue weighted by Crippen LogP contribution is 2.22. The molecule has 14 heavy (non-hydrogen) atoms. The lowest BCUT2D eigenvalue weighted by Gasteiger charge is -2.13. The van der Waals surface area contributed by atoms with Gasteiger partial charge in [-0.15, -0.1) is 0 Å². The van der Waals surface area contributed by atoms with Crippen molar-refractivity contribution in [3.63, 3.8) is 0 Å². The Morgan fingerprint density at radius 1 is 1.64 bits per heavy atom. The third-order valence-electron chi connectivity index (χ3n) is 1.56. The Balaban J connectivity index is 2.67. The van der Waals surface area contributed by atoms with Crippen molar-refractivity contribution >= 4 is 17.3 Å². The first-order chi connectivity index (χ1) is 6.63. The zero-order valence-corrected chi connectivity index (χ0v) is 8.91. The van der Waals surface area contributed by atoms with Crippen LogP contribution in [0, 0.1) is 0 Å². The predicted molar refractivity (Wildman–Crippen MR) is 55.6 cm³/mol. The topological polar surface area (TPSA) is 57.4 Å². The van der Waals surface area contributed by atoms with E-state index in [1.54, 1.807) is 13.2 Å². The molecule has 0 aromatic carbocycles. The Morgan fingerprint density at radius 2 is 2.36 bits per heavy atom. The molecule has 0 aliphatic heterocycles. The quantitative estimate of drug-likeness (QED) is 0.833. The maximum absolute atomic E-state index is 5.69. The molecule has 5 heteroatoms. The number of aromatic nitrogens is 1. The third kappa shape index (κ3) is 3.05. The molecular formula is C9H13ClN2O2. The van der Waals surface area contributed by atoms with E-state index in [0.29, 0.717) is 23.2 Å². The number of halogens is 1. The fourth-order valence-electron chi connectivity index (χ4n) is 1.00. The molecule has 0 fully saturated rings. The molecule has 1 rings (SSSR count). The molecular weight excluding hydrogens is 204 g/mol. The summed E-state index contributed by atoms with van der Waals surface area (Å²) in [7, 11) is 1.61. The molecule has 0 saturated heterocycles. The van der Waals surface area contributed by atoms with E-state index in [9.17, 15) is 0 Å². The molecule has 1 atom stereocenters. The number of hydrogen-bond donors (Lipinski definition) is 1. The maximum Gasteiger partial charge on any atom is 0.237 e. The minimum atomic E-state index is -0.0871. The van der Waals surface area contributed by atoms with Crippen molar-refractivity contribution in [3.05, 3.63) is 17.3 Å². The molecule has 1 unspecified atom stereocenters. The predicted octanol–water partition coefficient (Wildman–Crippen LogP) is 1.73. The van der Waals surface area contributed by atoms with Crippen molar-refractivity contribution in [2.45, 2.75) is 13.0 Å². The van der Waals surface area contributed by atoms with E-state index in [1.807, 2.05) is 6.92 Å². The molecule has 2 N–H and O–H groups in total. The summed E-state index contributed by atoms with van der Waals surface area (Å²) >= 11 is 5.69. The van der Waals surface area contributed by atoms with Gasteiger partial charge in [0.25, 0.3) is 0 Å². The minimum Gasteiger partial charge on any atom is -0.471 e. The van der Waals surface area contributed by atoms with Gasteiger partial charge in [-0.05, 0) is 13.0 Å². The number of rotatable bonds is 4. The summed E-state index contributed by atoms with van der Waals surface area (Å²) in [4.78, 5) is 3.97. The average molecular weight is 217 g/mol. The van der Waals surface area contributed by atoms with Gasteiger partial charge in [0, 0.05) is 13.3 Å². The summed E-state index contributed by atoms with van der Waals surface area (Å²) in [5.74, 6) is 0.388. The van der Waals surface area contributed by atoms with Crippen LogP contribution < -0.4 is 10.5 Å². The summed E-state index contributed by atoms with van der Waals surface area (Å²) in [6.45, 7) is 2.36. The molecule has 0 radical (unpaired) electrons. The maximum atomic E-state index is 5.69. The highest BCUT2D eigenvalue weighted by molar-refractivity contribution is 6.30. The van der Waals surface area contributed by atoms with Crippen LogP contribution in [0.3, 0.4) is 0 Å². The third-order valence-corrected chi connectivity index (χ3v) is 1.77. The van der Waals surface area contributed by atoms with Crippen LogP contribution in [0.2, 0.25) is 5.02 Å². The number of anilines is 1. The van der Waals surface area contributed by atoms with Gasteiger partial charge in [0.2, 0.25) is 5.88 Å². The van der Waals surface area contributed by atoms with Crippen LogP contribution in [0.15, 0.2) is 12.3 Å². The van der Waals surface area contributed by atoms with Crippen LogP contribution in [0.25, 0.3) is 0 Å². The zero-order chi connectivity index (χ0) is 10.6. The first-order valence-electron chi connectivity index (χ1n) is 4.20. The van der Waals surface area contributed by atoms with E-state index in [-0.39, 0.29) is 6.10 Å². The highest BCUT2D eigenvalue weighted by Gasteiger charge is 2.07. The van der Waals surface area contributed by atoms with E-state index >= 15 is 0 Å². The van der Waals surface area contributed by atoms with Gasteiger partial charge in [-0.2, -0.15) is 0 Å². The van der Waals surface area contributed by atoms with Crippen LogP contribution >= 0.6 is 11.6 Å². The van der Waals surface area contributed by atoms with Gasteiger partial charge in [0.1, 0.15) is 6.10 Å². The lowest BCUT2D eigenvalue weighted by molar-refractivity contribution is 0.0895. The van der Waals surface area contributed by atoms with Gasteiger partial charge in [-0.1, -0.05) is 11.6 Å². The van der Waals surface area contributed by atoms with Gasteiger partial charge >= 0.3 is 0 Å². The second-order valence-electron chi connectivity index (χ2n) is 2.93. The Kier molecular flexibility index (Phi) is 3.98. The van der Waals surface area contributed by atoms with Gasteiger partial charge in [0.05, 0.1) is 17.3 Å². The molecule has 1 aromatic rings. The summed E-state index contributed by atoms with van der Waals surface area (Å²) in [5, 5.41) is 0.495. The van der Waals surface area contributed by atoms with E-state index < -0.39 is 0 Å². The number of methoxy groups -OCH3 is 1. The van der Waals surface area contributed by atoms with E-state index in [4.69, 9.17) is 26.8 Å². The number of hydrogen-bond acceptors (Lipinski definition) is 4. The molecule has 1 aromatic heterocycles. The van der Waals surface area contributed by atoms with Gasteiger partial charge in [-0.25, -0.2) is 4.98 Å². The zero-order valence-electron chi connectivity index (χ0n) is 8.16. The second-order valence-corrected chi connectivity index (χ2v) is 3.37. The normalized spacial score (nSPS) is 12.5. The van der Waals surface area contributed by atoms with Crippen LogP contribution in [0.4, 0.5) is 5.69 Å². The largest absolute Gasteiger partial charge is 0.471 e. The first-order valence-corrected chi connectivity index (χ1v) is 4.58. The molecule has 0 aliphatic carbocycles. The average Bonchev–Trinajstić information content (AvgIpc) is 2.10. The van der Waals surface area contributed by atoms with Crippen molar-refractivity contribution in [1.82, 2.24) is 4.98 Å². The Bertz CT molecular complexity index is 307. The second kappa shape index (κ2) is 5.02. The summed E-state index contributed by atoms with van der Waals surface area (Å²) in [6.07, 6.45) is 1.41. The van der Waals surface area contributed by atoms with E-state index in [2.05, 4.69) is 4.98 Å². The van der Waals surface area contributed by atoms with Crippen LogP contribution in [-0.4, -0.2) is 24.8 Å². The summed E-state index contributed by atoms with van der Waals surface area (Å²) in [6, 6.07) is 1.60. The molecule has 0 saturated carbocycles. The van der Waals surface area contributed by atoms with Gasteiger partial charge < -0.3 is 15.2 Å². The smallest absolute Gasteiger partial charge is 0.237 e. The Labute approximate surface area is 88.0 Å². The molecule has 1 heterocycles. The molecule has 4 nitrogen and oxygen atoms in total. The van der Waals surface area contributed by atoms with E-state index in [0.717, 1.165) is 0 Å². The Morgan fingerprint density at radius 3 is 2.93 bits per heavy atom. The fraction of sp³-hybridized carbons (Fsp3) is 0.444. The van der Waals surface area contributed by atoms with Crippen molar-refractivity contribution in [3.8, 4) is 5.88 Å². The van der Waals surface area contributed by atoms with Crippen molar-refractivity contribution in [2.75, 3.05) is 19.5 Å². The highest BCUT2D eigenvalue weighted by atomic mass is 35.5. The van der Waals surface area contributed by atoms with E-state index in [1.165, 1.54) is 6.20 Å². The number of pyridine rings is 1. The van der Waals surface area contributed by atoms with Crippen LogP contribution in [0.5, 0.6) is 5.88 Å². The molecule has 0 spiro atoms. The monoisotopic (exact) mass is 216 g/mol. The molecule has 0 amide bonds. The number of nitrogens with zero attached hydrogens (tertiary/aromatic N) is 1. The number of nitrogens with two attached hydrogens (primary N) is 1. The van der Waals surface area contributed by atoms with Crippen LogP contribution in [0.1, 0.15) is 6.92 Å². The van der Waals surface area contributed by atoms with Crippen LogP contribution in [-0.2, 0) is 4.74 Å². The fourth-order valence-corrected chi connectivity index (χ4v) is 1.17. The number of nitrogen functional groups attached to an aromatic ring is 1. The minimum absolute atomic E-state index is 0.0871. The first kappa shape index (κ1) is 11.1. The lowest BCUT2D eigenvalue weighted by atomic mass is 10.4. The summed E-state index contributed by atoms with van der Waals surface area (Å²) < 4.78 is 10.3. The summed E-state index contributed by atoms with van der Waals surface area (Å²) in [5.41, 5.74) is 6.08. The van der Waals surface area contributed by atoms with Gasteiger partial charge in [0.15, 0.2) is 0 Å². The molecule has 0 bridgehead atoms. The lowest BCUT2D eigenvalue weighted by Crippen LogP contribution is -2.19. The van der Waals surface area contributed by atoms with Crippen molar-refractivity contribution < 1.29 is 9.47 Å². The van der Waals surface area contributed by atoms with Crippen molar-refractivity contribution in [1.29, 1.82) is 0 Å².